The zero-order valence-electron chi connectivity index (χ0n) is 11.5. The molecule has 0 aromatic heterocycles. The molecule has 1 aromatic carbocycles. The molecule has 1 fully saturated rings. The molecule has 106 valence electrons. The van der Waals surface area contributed by atoms with Gasteiger partial charge in [-0.1, -0.05) is 23.9 Å². The lowest BCUT2D eigenvalue weighted by atomic mass is 10.1. The van der Waals surface area contributed by atoms with Crippen LogP contribution >= 0.6 is 11.8 Å². The molecule has 5 heteroatoms. The number of fused-ring (bicyclic) bond motifs is 1. The van der Waals surface area contributed by atoms with E-state index in [-0.39, 0.29) is 11.2 Å². The van der Waals surface area contributed by atoms with E-state index in [1.165, 1.54) is 5.56 Å². The minimum Gasteiger partial charge on any atom is -0.494 e. The zero-order chi connectivity index (χ0) is 13.9. The molecule has 0 saturated carbocycles. The maximum absolute atomic E-state index is 12.2. The van der Waals surface area contributed by atoms with Gasteiger partial charge in [-0.15, -0.1) is 0 Å². The van der Waals surface area contributed by atoms with E-state index in [4.69, 9.17) is 4.74 Å². The van der Waals surface area contributed by atoms with Gasteiger partial charge in [0, 0.05) is 24.8 Å². The van der Waals surface area contributed by atoms with Crippen LogP contribution in [0.25, 0.3) is 0 Å². The van der Waals surface area contributed by atoms with Crippen molar-refractivity contribution >= 4 is 22.8 Å². The molecular weight excluding hydrogens is 272 g/mol. The van der Waals surface area contributed by atoms with Crippen molar-refractivity contribution in [3.8, 4) is 5.75 Å². The summed E-state index contributed by atoms with van der Waals surface area (Å²) in [6.45, 7) is 4.30. The summed E-state index contributed by atoms with van der Waals surface area (Å²) in [7, 11) is 0. The minimum atomic E-state index is 0.172. The minimum absolute atomic E-state index is 0.172. The van der Waals surface area contributed by atoms with E-state index >= 15 is 0 Å². The normalized spacial score (nSPS) is 22.2. The summed E-state index contributed by atoms with van der Waals surface area (Å²) in [6.07, 6.45) is 1.53. The smallest absolute Gasteiger partial charge is 0.230 e. The van der Waals surface area contributed by atoms with Crippen LogP contribution in [-0.4, -0.2) is 35.7 Å². The zero-order valence-corrected chi connectivity index (χ0v) is 12.4. The Morgan fingerprint density at radius 2 is 2.20 bits per heavy atom. The van der Waals surface area contributed by atoms with Gasteiger partial charge in [-0.2, -0.15) is 0 Å². The molecule has 0 bridgehead atoms. The average molecular weight is 290 g/mol. The lowest BCUT2D eigenvalue weighted by Crippen LogP contribution is -2.42. The maximum atomic E-state index is 12.2. The van der Waals surface area contributed by atoms with Gasteiger partial charge in [-0.3, -0.25) is 14.7 Å². The van der Waals surface area contributed by atoms with Crippen LogP contribution in [0.1, 0.15) is 30.6 Å². The summed E-state index contributed by atoms with van der Waals surface area (Å²) in [5, 5.41) is 1.07. The lowest BCUT2D eigenvalue weighted by molar-refractivity contribution is -0.127. The lowest BCUT2D eigenvalue weighted by Gasteiger charge is -2.34. The van der Waals surface area contributed by atoms with E-state index in [0.717, 1.165) is 30.4 Å². The van der Waals surface area contributed by atoms with Crippen LogP contribution in [0.4, 0.5) is 0 Å². The summed E-state index contributed by atoms with van der Waals surface area (Å²) < 4.78 is 5.45. The van der Waals surface area contributed by atoms with Gasteiger partial charge >= 0.3 is 0 Å². The fourth-order valence-electron chi connectivity index (χ4n) is 2.49. The van der Waals surface area contributed by atoms with E-state index in [2.05, 4.69) is 17.1 Å². The number of nitrogens with zero attached hydrogens (tertiary/aromatic N) is 2. The number of rotatable bonds is 3. The molecule has 1 atom stereocenters. The first-order valence-electron chi connectivity index (χ1n) is 7.02. The molecule has 0 radical (unpaired) electrons. The third-order valence-electron chi connectivity index (χ3n) is 3.49. The van der Waals surface area contributed by atoms with Crippen molar-refractivity contribution in [1.82, 2.24) is 4.90 Å². The standard InChI is InChI=1S/C15H18N2O2S/c1-2-19-12-6-4-11(5-7-12)13-10-14(18)17-9-3-8-16-15(17)20-13/h4-7,13H,2-3,8-10H2,1H3/t13-/m0/s1. The molecule has 3 rings (SSSR count). The van der Waals surface area contributed by atoms with Gasteiger partial charge in [0.15, 0.2) is 5.17 Å². The van der Waals surface area contributed by atoms with Crippen LogP contribution in [-0.2, 0) is 4.79 Å². The first kappa shape index (κ1) is 13.5. The van der Waals surface area contributed by atoms with Gasteiger partial charge in [0.25, 0.3) is 0 Å². The van der Waals surface area contributed by atoms with Gasteiger partial charge in [0.05, 0.1) is 6.61 Å². The Labute approximate surface area is 123 Å². The Balaban J connectivity index is 1.77. The molecule has 0 N–H and O–H groups in total. The largest absolute Gasteiger partial charge is 0.494 e. The first-order chi connectivity index (χ1) is 9.78. The van der Waals surface area contributed by atoms with Crippen molar-refractivity contribution in [1.29, 1.82) is 0 Å². The predicted molar refractivity (Wildman–Crippen MR) is 81.2 cm³/mol. The van der Waals surface area contributed by atoms with Crippen LogP contribution in [0.2, 0.25) is 0 Å². The van der Waals surface area contributed by atoms with E-state index in [0.29, 0.717) is 13.0 Å². The number of aliphatic imine (C=N–C) groups is 1. The van der Waals surface area contributed by atoms with E-state index < -0.39 is 0 Å². The summed E-state index contributed by atoms with van der Waals surface area (Å²) in [5.74, 6) is 1.07. The second-order valence-corrected chi connectivity index (χ2v) is 6.05. The van der Waals surface area contributed by atoms with Crippen molar-refractivity contribution in [2.24, 2.45) is 4.99 Å². The van der Waals surface area contributed by atoms with Gasteiger partial charge in [-0.05, 0) is 31.0 Å². The second kappa shape index (κ2) is 5.87. The highest BCUT2D eigenvalue weighted by molar-refractivity contribution is 8.14. The Bertz CT molecular complexity index is 527. The third kappa shape index (κ3) is 2.68. The van der Waals surface area contributed by atoms with E-state index in [1.54, 1.807) is 11.8 Å². The van der Waals surface area contributed by atoms with Gasteiger partial charge < -0.3 is 4.74 Å². The van der Waals surface area contributed by atoms with Crippen LogP contribution in [0, 0.1) is 0 Å². The van der Waals surface area contributed by atoms with Crippen molar-refractivity contribution in [3.63, 3.8) is 0 Å². The Kier molecular flexibility index (Phi) is 3.96. The molecular formula is C15H18N2O2S. The molecule has 0 spiro atoms. The number of hydrogen-bond acceptors (Lipinski definition) is 4. The monoisotopic (exact) mass is 290 g/mol. The Morgan fingerprint density at radius 3 is 2.95 bits per heavy atom. The van der Waals surface area contributed by atoms with Crippen molar-refractivity contribution in [2.45, 2.75) is 25.0 Å². The van der Waals surface area contributed by atoms with Gasteiger partial charge in [0.2, 0.25) is 5.91 Å². The van der Waals surface area contributed by atoms with Crippen molar-refractivity contribution in [2.75, 3.05) is 19.7 Å². The molecule has 0 aliphatic carbocycles. The van der Waals surface area contributed by atoms with Gasteiger partial charge in [-0.25, -0.2) is 0 Å². The Morgan fingerprint density at radius 1 is 1.40 bits per heavy atom. The molecule has 2 heterocycles. The van der Waals surface area contributed by atoms with Crippen LogP contribution in [0.5, 0.6) is 5.75 Å². The average Bonchev–Trinajstić information content (AvgIpc) is 2.48. The molecule has 1 amide bonds. The van der Waals surface area contributed by atoms with Crippen LogP contribution < -0.4 is 4.74 Å². The highest BCUT2D eigenvalue weighted by Gasteiger charge is 2.33. The number of benzene rings is 1. The predicted octanol–water partition coefficient (Wildman–Crippen LogP) is 2.85. The third-order valence-corrected chi connectivity index (χ3v) is 4.77. The molecule has 2 aliphatic heterocycles. The summed E-state index contributed by atoms with van der Waals surface area (Å²) in [6, 6.07) is 8.04. The molecule has 2 aliphatic rings. The second-order valence-electron chi connectivity index (χ2n) is 4.88. The summed E-state index contributed by atoms with van der Waals surface area (Å²) in [5.41, 5.74) is 1.17. The fourth-order valence-corrected chi connectivity index (χ4v) is 3.75. The molecule has 1 aromatic rings. The highest BCUT2D eigenvalue weighted by atomic mass is 32.2. The van der Waals surface area contributed by atoms with Gasteiger partial charge in [0.1, 0.15) is 5.75 Å². The number of hydrogen-bond donors (Lipinski definition) is 0. The first-order valence-corrected chi connectivity index (χ1v) is 7.90. The Hall–Kier alpha value is -1.49. The SMILES string of the molecule is CCOc1ccc([C@@H]2CC(=O)N3CCCN=C3S2)cc1. The number of amides is 1. The summed E-state index contributed by atoms with van der Waals surface area (Å²) in [4.78, 5) is 18.5. The van der Waals surface area contributed by atoms with Crippen molar-refractivity contribution < 1.29 is 9.53 Å². The highest BCUT2D eigenvalue weighted by Crippen LogP contribution is 2.39. The van der Waals surface area contributed by atoms with E-state index in [9.17, 15) is 4.79 Å². The number of amidine groups is 1. The fraction of sp³-hybridized carbons (Fsp3) is 0.467. The van der Waals surface area contributed by atoms with Crippen LogP contribution in [0.3, 0.4) is 0 Å². The molecule has 4 nitrogen and oxygen atoms in total. The number of ether oxygens (including phenoxy) is 1. The summed E-state index contributed by atoms with van der Waals surface area (Å²) >= 11 is 1.71. The molecule has 20 heavy (non-hydrogen) atoms. The van der Waals surface area contributed by atoms with Crippen molar-refractivity contribution in [3.05, 3.63) is 29.8 Å². The maximum Gasteiger partial charge on any atom is 0.230 e. The topological polar surface area (TPSA) is 41.9 Å². The van der Waals surface area contributed by atoms with Crippen LogP contribution in [0.15, 0.2) is 29.3 Å². The molecule has 0 unspecified atom stereocenters. The number of carbonyl (C=O) groups is 1. The number of thioether (sulfide) groups is 1. The van der Waals surface area contributed by atoms with E-state index in [1.807, 2.05) is 24.0 Å². The quantitative estimate of drug-likeness (QED) is 0.859. The number of carbonyl (C=O) groups excluding carboxylic acids is 1. The molecule has 1 saturated heterocycles.